The molecule has 1 amide bonds. The molecule has 0 bridgehead atoms. The number of nitrogens with zero attached hydrogens (tertiary/aromatic N) is 1. The van der Waals surface area contributed by atoms with Gasteiger partial charge in [-0.25, -0.2) is 8.42 Å². The second kappa shape index (κ2) is 8.81. The van der Waals surface area contributed by atoms with Crippen molar-refractivity contribution in [3.8, 4) is 11.5 Å². The molecule has 0 saturated carbocycles. The van der Waals surface area contributed by atoms with E-state index in [-0.39, 0.29) is 10.5 Å². The Bertz CT molecular complexity index is 1000. The minimum Gasteiger partial charge on any atom is -0.497 e. The zero-order chi connectivity index (χ0) is 21.0. The van der Waals surface area contributed by atoms with Crippen molar-refractivity contribution in [3.05, 3.63) is 47.5 Å². The summed E-state index contributed by atoms with van der Waals surface area (Å²) in [6.07, 6.45) is 0. The lowest BCUT2D eigenvalue weighted by Crippen LogP contribution is -2.40. The van der Waals surface area contributed by atoms with Gasteiger partial charge in [0.05, 0.1) is 38.0 Å². The number of carbonyl (C=O) groups is 1. The van der Waals surface area contributed by atoms with Crippen molar-refractivity contribution >= 4 is 21.6 Å². The second-order valence-corrected chi connectivity index (χ2v) is 8.45. The first kappa shape index (κ1) is 21.1. The summed E-state index contributed by atoms with van der Waals surface area (Å²) in [5.74, 6) is 0.587. The summed E-state index contributed by atoms with van der Waals surface area (Å²) in [6.45, 7) is 3.04. The molecule has 1 heterocycles. The molecular formula is C20H24N2O6S. The Morgan fingerprint density at radius 2 is 1.79 bits per heavy atom. The summed E-state index contributed by atoms with van der Waals surface area (Å²) in [5, 5.41) is 2.78. The summed E-state index contributed by atoms with van der Waals surface area (Å²) >= 11 is 0. The highest BCUT2D eigenvalue weighted by Crippen LogP contribution is 2.30. The highest BCUT2D eigenvalue weighted by atomic mass is 32.2. The number of hydrogen-bond donors (Lipinski definition) is 1. The van der Waals surface area contributed by atoms with E-state index in [1.807, 2.05) is 0 Å². The van der Waals surface area contributed by atoms with Gasteiger partial charge >= 0.3 is 0 Å². The zero-order valence-corrected chi connectivity index (χ0v) is 17.4. The molecule has 0 aromatic heterocycles. The van der Waals surface area contributed by atoms with Gasteiger partial charge in [0.25, 0.3) is 5.91 Å². The van der Waals surface area contributed by atoms with E-state index in [0.29, 0.717) is 49.1 Å². The molecular weight excluding hydrogens is 396 g/mol. The van der Waals surface area contributed by atoms with Crippen LogP contribution >= 0.6 is 0 Å². The van der Waals surface area contributed by atoms with Crippen molar-refractivity contribution in [1.82, 2.24) is 4.31 Å². The summed E-state index contributed by atoms with van der Waals surface area (Å²) in [4.78, 5) is 13.0. The number of benzene rings is 2. The van der Waals surface area contributed by atoms with Crippen LogP contribution in [0.25, 0.3) is 0 Å². The van der Waals surface area contributed by atoms with E-state index in [9.17, 15) is 13.2 Å². The fraction of sp³-hybridized carbons (Fsp3) is 0.350. The van der Waals surface area contributed by atoms with Crippen molar-refractivity contribution in [2.24, 2.45) is 0 Å². The lowest BCUT2D eigenvalue weighted by Gasteiger charge is -2.26. The number of anilines is 1. The maximum absolute atomic E-state index is 12.9. The number of rotatable bonds is 6. The van der Waals surface area contributed by atoms with E-state index in [4.69, 9.17) is 14.2 Å². The third kappa shape index (κ3) is 4.52. The minimum absolute atomic E-state index is 0.0766. The van der Waals surface area contributed by atoms with Crippen molar-refractivity contribution < 1.29 is 27.4 Å². The van der Waals surface area contributed by atoms with Crippen LogP contribution in [0.4, 0.5) is 5.69 Å². The van der Waals surface area contributed by atoms with Crippen LogP contribution in [0.2, 0.25) is 0 Å². The van der Waals surface area contributed by atoms with Gasteiger partial charge in [-0.15, -0.1) is 0 Å². The lowest BCUT2D eigenvalue weighted by molar-refractivity contribution is 0.0730. The third-order valence-corrected chi connectivity index (χ3v) is 6.61. The monoisotopic (exact) mass is 420 g/mol. The van der Waals surface area contributed by atoms with E-state index in [1.54, 1.807) is 31.2 Å². The Hall–Kier alpha value is -2.62. The van der Waals surface area contributed by atoms with Crippen molar-refractivity contribution in [2.45, 2.75) is 11.8 Å². The molecule has 1 fully saturated rings. The molecule has 0 unspecified atom stereocenters. The largest absolute Gasteiger partial charge is 0.497 e. The van der Waals surface area contributed by atoms with Crippen LogP contribution < -0.4 is 14.8 Å². The Labute approximate surface area is 170 Å². The predicted octanol–water partition coefficient (Wildman–Crippen LogP) is 2.29. The number of morpholine rings is 1. The molecule has 8 nitrogen and oxygen atoms in total. The molecule has 0 spiro atoms. The van der Waals surface area contributed by atoms with Crippen LogP contribution in [0.5, 0.6) is 11.5 Å². The molecule has 1 aliphatic rings. The smallest absolute Gasteiger partial charge is 0.256 e. The number of sulfonamides is 1. The fourth-order valence-electron chi connectivity index (χ4n) is 3.04. The van der Waals surface area contributed by atoms with Crippen LogP contribution in [-0.4, -0.2) is 59.2 Å². The molecule has 1 N–H and O–H groups in total. The van der Waals surface area contributed by atoms with Crippen molar-refractivity contribution in [1.29, 1.82) is 0 Å². The van der Waals surface area contributed by atoms with E-state index in [2.05, 4.69) is 5.32 Å². The Balaban J connectivity index is 1.91. The number of amides is 1. The zero-order valence-electron chi connectivity index (χ0n) is 16.6. The third-order valence-electron chi connectivity index (χ3n) is 4.72. The van der Waals surface area contributed by atoms with Gasteiger partial charge in [-0.1, -0.05) is 6.07 Å². The van der Waals surface area contributed by atoms with E-state index in [0.717, 1.165) is 0 Å². The maximum Gasteiger partial charge on any atom is 0.256 e. The lowest BCUT2D eigenvalue weighted by atomic mass is 10.1. The molecule has 29 heavy (non-hydrogen) atoms. The van der Waals surface area contributed by atoms with Gasteiger partial charge in [0.2, 0.25) is 10.0 Å². The predicted molar refractivity (Wildman–Crippen MR) is 108 cm³/mol. The molecule has 2 aromatic carbocycles. The minimum atomic E-state index is -3.70. The molecule has 0 radical (unpaired) electrons. The highest BCUT2D eigenvalue weighted by Gasteiger charge is 2.27. The van der Waals surface area contributed by atoms with Gasteiger partial charge in [0, 0.05) is 24.7 Å². The molecule has 0 aliphatic carbocycles. The van der Waals surface area contributed by atoms with Gasteiger partial charge < -0.3 is 19.5 Å². The molecule has 156 valence electrons. The van der Waals surface area contributed by atoms with Crippen LogP contribution in [0.1, 0.15) is 15.9 Å². The number of nitrogens with one attached hydrogen (secondary N) is 1. The summed E-state index contributed by atoms with van der Waals surface area (Å²) in [6, 6.07) is 9.59. The normalized spacial score (nSPS) is 15.0. The van der Waals surface area contributed by atoms with Gasteiger partial charge in [0.15, 0.2) is 0 Å². The Kier molecular flexibility index (Phi) is 6.41. The molecule has 9 heteroatoms. The Morgan fingerprint density at radius 3 is 2.45 bits per heavy atom. The van der Waals surface area contributed by atoms with Gasteiger partial charge in [-0.2, -0.15) is 4.31 Å². The summed E-state index contributed by atoms with van der Waals surface area (Å²) in [5.41, 5.74) is 1.35. The standard InChI is InChI=1S/C20H24N2O6S/c1-14-4-6-16(29(24,25)22-8-10-28-11-9-22)13-17(14)20(23)21-18-12-15(26-2)5-7-19(18)27-3/h4-7,12-13H,8-11H2,1-3H3,(H,21,23). The van der Waals surface area contributed by atoms with E-state index >= 15 is 0 Å². The maximum atomic E-state index is 12.9. The first-order valence-corrected chi connectivity index (χ1v) is 10.5. The first-order valence-electron chi connectivity index (χ1n) is 9.08. The topological polar surface area (TPSA) is 94.2 Å². The molecule has 3 rings (SSSR count). The summed E-state index contributed by atoms with van der Waals surface area (Å²) in [7, 11) is -0.679. The first-order chi connectivity index (χ1) is 13.9. The molecule has 1 saturated heterocycles. The summed E-state index contributed by atoms with van der Waals surface area (Å²) < 4.78 is 42.9. The van der Waals surface area contributed by atoms with Crippen LogP contribution in [-0.2, 0) is 14.8 Å². The van der Waals surface area contributed by atoms with Crippen LogP contribution in [0.15, 0.2) is 41.3 Å². The second-order valence-electron chi connectivity index (χ2n) is 6.51. The fourth-order valence-corrected chi connectivity index (χ4v) is 4.48. The quantitative estimate of drug-likeness (QED) is 0.771. The number of methoxy groups -OCH3 is 2. The van der Waals surface area contributed by atoms with E-state index < -0.39 is 15.9 Å². The van der Waals surface area contributed by atoms with Gasteiger partial charge in [-0.05, 0) is 36.8 Å². The molecule has 2 aromatic rings. The van der Waals surface area contributed by atoms with Crippen LogP contribution in [0.3, 0.4) is 0 Å². The van der Waals surface area contributed by atoms with Gasteiger partial charge in [-0.3, -0.25) is 4.79 Å². The average Bonchev–Trinajstić information content (AvgIpc) is 2.74. The Morgan fingerprint density at radius 1 is 1.07 bits per heavy atom. The number of hydrogen-bond acceptors (Lipinski definition) is 6. The van der Waals surface area contributed by atoms with Crippen molar-refractivity contribution in [3.63, 3.8) is 0 Å². The SMILES string of the molecule is COc1ccc(OC)c(NC(=O)c2cc(S(=O)(=O)N3CCOCC3)ccc2C)c1. The van der Waals surface area contributed by atoms with E-state index in [1.165, 1.54) is 30.7 Å². The molecule has 0 atom stereocenters. The highest BCUT2D eigenvalue weighted by molar-refractivity contribution is 7.89. The number of carbonyl (C=O) groups excluding carboxylic acids is 1. The van der Waals surface area contributed by atoms with Crippen LogP contribution in [0, 0.1) is 6.92 Å². The number of ether oxygens (including phenoxy) is 3. The van der Waals surface area contributed by atoms with Gasteiger partial charge in [0.1, 0.15) is 11.5 Å². The molecule has 1 aliphatic heterocycles. The van der Waals surface area contributed by atoms with Crippen molar-refractivity contribution in [2.75, 3.05) is 45.8 Å². The number of aryl methyl sites for hydroxylation is 1. The average molecular weight is 420 g/mol.